The summed E-state index contributed by atoms with van der Waals surface area (Å²) >= 11 is 0. The van der Waals surface area contributed by atoms with Crippen LogP contribution < -0.4 is 14.9 Å². The highest BCUT2D eigenvalue weighted by molar-refractivity contribution is 7.92. The third-order valence-electron chi connectivity index (χ3n) is 7.03. The average Bonchev–Trinajstić information content (AvgIpc) is 3.20. The van der Waals surface area contributed by atoms with E-state index in [9.17, 15) is 18.3 Å². The molecule has 2 atom stereocenters. The maximum absolute atomic E-state index is 13.6. The summed E-state index contributed by atoms with van der Waals surface area (Å²) in [6.45, 7) is 8.88. The molecule has 1 aliphatic heterocycles. The summed E-state index contributed by atoms with van der Waals surface area (Å²) in [5.41, 5.74) is 3.76. The first kappa shape index (κ1) is 27.2. The van der Waals surface area contributed by atoms with E-state index in [1.54, 1.807) is 13.1 Å². The Bertz CT molecular complexity index is 1370. The van der Waals surface area contributed by atoms with E-state index in [4.69, 9.17) is 0 Å². The van der Waals surface area contributed by atoms with Crippen LogP contribution in [0.2, 0.25) is 0 Å². The minimum absolute atomic E-state index is 0.00474. The number of hydrogen-bond donors (Lipinski definition) is 3. The van der Waals surface area contributed by atoms with Crippen molar-refractivity contribution >= 4 is 32.5 Å². The van der Waals surface area contributed by atoms with Crippen LogP contribution in [0, 0.1) is 0 Å². The summed E-state index contributed by atoms with van der Waals surface area (Å²) in [4.78, 5) is 13.6. The normalized spacial score (nSPS) is 16.7. The molecule has 200 valence electrons. The largest absolute Gasteiger partial charge is 0.390 e. The van der Waals surface area contributed by atoms with E-state index >= 15 is 0 Å². The van der Waals surface area contributed by atoms with Gasteiger partial charge in [0.2, 0.25) is 10.0 Å². The molecular formula is C28H38N4O4S. The lowest BCUT2D eigenvalue weighted by molar-refractivity contribution is 0.0827. The highest BCUT2D eigenvalue weighted by Gasteiger charge is 2.30. The van der Waals surface area contributed by atoms with E-state index < -0.39 is 22.2 Å². The maximum Gasteiger partial charge on any atom is 0.251 e. The predicted octanol–water partition coefficient (Wildman–Crippen LogP) is 3.24. The monoisotopic (exact) mass is 526 g/mol. The Morgan fingerprint density at radius 1 is 1.11 bits per heavy atom. The summed E-state index contributed by atoms with van der Waals surface area (Å²) in [5, 5.41) is 18.2. The van der Waals surface area contributed by atoms with Crippen LogP contribution >= 0.6 is 0 Å². The molecule has 3 N–H and O–H groups in total. The van der Waals surface area contributed by atoms with Crippen molar-refractivity contribution in [1.29, 1.82) is 0 Å². The molecule has 0 radical (unpaired) electrons. The number of aliphatic hydroxyl groups excluding tert-OH is 1. The molecular weight excluding hydrogens is 488 g/mol. The van der Waals surface area contributed by atoms with Crippen molar-refractivity contribution in [3.05, 3.63) is 65.4 Å². The summed E-state index contributed by atoms with van der Waals surface area (Å²) in [7, 11) is -1.97. The number of carbonyl (C=O) groups excluding carboxylic acids is 1. The first-order valence-corrected chi connectivity index (χ1v) is 14.5. The van der Waals surface area contributed by atoms with Crippen LogP contribution in [0.3, 0.4) is 0 Å². The molecule has 0 spiro atoms. The molecule has 8 nitrogen and oxygen atoms in total. The van der Waals surface area contributed by atoms with Gasteiger partial charge in [-0.3, -0.25) is 9.10 Å². The van der Waals surface area contributed by atoms with Crippen molar-refractivity contribution in [2.45, 2.75) is 64.8 Å². The van der Waals surface area contributed by atoms with Gasteiger partial charge in [0, 0.05) is 43.3 Å². The molecule has 0 fully saturated rings. The van der Waals surface area contributed by atoms with Gasteiger partial charge in [0.1, 0.15) is 0 Å². The lowest BCUT2D eigenvalue weighted by Gasteiger charge is -2.26. The van der Waals surface area contributed by atoms with Gasteiger partial charge in [-0.25, -0.2) is 8.42 Å². The SMILES string of the molecule is CC(C)NC[C@@H](O)[C@H](Cc1ccccc1)NC(=O)c1cc2c3c(c1)c(C(C)C)cn3CCS(=O)(=O)N2C. The third-order valence-corrected chi connectivity index (χ3v) is 8.76. The zero-order valence-corrected chi connectivity index (χ0v) is 23.0. The molecule has 0 bridgehead atoms. The number of aryl methyl sites for hydroxylation is 1. The van der Waals surface area contributed by atoms with Crippen LogP contribution in [-0.4, -0.2) is 61.5 Å². The molecule has 0 aliphatic carbocycles. The first-order chi connectivity index (χ1) is 17.5. The van der Waals surface area contributed by atoms with Gasteiger partial charge in [-0.05, 0) is 35.6 Å². The topological polar surface area (TPSA) is 104 Å². The fourth-order valence-corrected chi connectivity index (χ4v) is 5.99. The van der Waals surface area contributed by atoms with Crippen LogP contribution in [0.15, 0.2) is 48.7 Å². The van der Waals surface area contributed by atoms with E-state index in [0.717, 1.165) is 22.0 Å². The quantitative estimate of drug-likeness (QED) is 0.397. The van der Waals surface area contributed by atoms with Crippen molar-refractivity contribution in [1.82, 2.24) is 15.2 Å². The molecule has 2 aromatic carbocycles. The number of rotatable bonds is 9. The molecule has 3 aromatic rings. The van der Waals surface area contributed by atoms with Crippen molar-refractivity contribution in [2.24, 2.45) is 0 Å². The Morgan fingerprint density at radius 3 is 2.46 bits per heavy atom. The fraction of sp³-hybridized carbons (Fsp3) is 0.464. The highest BCUT2D eigenvalue weighted by Crippen LogP contribution is 2.37. The molecule has 1 amide bonds. The van der Waals surface area contributed by atoms with Gasteiger partial charge in [-0.2, -0.15) is 0 Å². The Hall–Kier alpha value is -2.88. The second-order valence-corrected chi connectivity index (χ2v) is 12.6. The number of aromatic nitrogens is 1. The first-order valence-electron chi connectivity index (χ1n) is 12.9. The zero-order chi connectivity index (χ0) is 26.9. The molecule has 4 rings (SSSR count). The number of nitrogens with one attached hydrogen (secondary N) is 2. The number of sulfonamides is 1. The van der Waals surface area contributed by atoms with Gasteiger partial charge in [0.05, 0.1) is 29.1 Å². The molecule has 0 saturated carbocycles. The zero-order valence-electron chi connectivity index (χ0n) is 22.2. The van der Waals surface area contributed by atoms with E-state index in [1.165, 1.54) is 4.31 Å². The van der Waals surface area contributed by atoms with E-state index in [2.05, 4.69) is 24.5 Å². The number of anilines is 1. The molecule has 0 saturated heterocycles. The van der Waals surface area contributed by atoms with Crippen molar-refractivity contribution in [3.8, 4) is 0 Å². The van der Waals surface area contributed by atoms with Crippen molar-refractivity contribution in [3.63, 3.8) is 0 Å². The minimum Gasteiger partial charge on any atom is -0.390 e. The van der Waals surface area contributed by atoms with Crippen LogP contribution in [-0.2, 0) is 23.0 Å². The van der Waals surface area contributed by atoms with Crippen molar-refractivity contribution in [2.75, 3.05) is 23.7 Å². The number of carbonyl (C=O) groups is 1. The standard InChI is InChI=1S/C28H38N4O4S/c1-18(2)23-17-32-11-12-37(35,36)31(5)25-15-21(14-22(23)27(25)32)28(34)30-24(26(33)16-29-19(3)4)13-20-9-7-6-8-10-20/h6-10,14-15,17-19,24,26,29,33H,11-13,16H2,1-5H3,(H,30,34)/t24-,26+/m0/s1. The lowest BCUT2D eigenvalue weighted by atomic mass is 9.98. The Labute approximate surface area is 219 Å². The van der Waals surface area contributed by atoms with E-state index in [-0.39, 0.29) is 23.6 Å². The Balaban J connectivity index is 1.73. The Morgan fingerprint density at radius 2 is 1.81 bits per heavy atom. The number of benzene rings is 2. The van der Waals surface area contributed by atoms with Crippen LogP contribution in [0.5, 0.6) is 0 Å². The van der Waals surface area contributed by atoms with Crippen LogP contribution in [0.1, 0.15) is 55.1 Å². The van der Waals surface area contributed by atoms with Gasteiger partial charge < -0.3 is 20.3 Å². The molecule has 1 aromatic heterocycles. The van der Waals surface area contributed by atoms with Crippen LogP contribution in [0.25, 0.3) is 10.9 Å². The predicted molar refractivity (Wildman–Crippen MR) is 149 cm³/mol. The molecule has 37 heavy (non-hydrogen) atoms. The summed E-state index contributed by atoms with van der Waals surface area (Å²) in [6, 6.07) is 12.9. The number of aliphatic hydroxyl groups is 1. The molecule has 0 unspecified atom stereocenters. The average molecular weight is 527 g/mol. The second kappa shape index (κ2) is 10.8. The molecule has 2 heterocycles. The van der Waals surface area contributed by atoms with Gasteiger partial charge >= 0.3 is 0 Å². The molecule has 1 aliphatic rings. The number of amides is 1. The van der Waals surface area contributed by atoms with Gasteiger partial charge in [0.15, 0.2) is 0 Å². The van der Waals surface area contributed by atoms with E-state index in [1.807, 2.05) is 61.0 Å². The smallest absolute Gasteiger partial charge is 0.251 e. The number of hydrogen-bond acceptors (Lipinski definition) is 5. The summed E-state index contributed by atoms with van der Waals surface area (Å²) in [6.07, 6.45) is 1.66. The van der Waals surface area contributed by atoms with Gasteiger partial charge in [0.25, 0.3) is 5.91 Å². The van der Waals surface area contributed by atoms with Gasteiger partial charge in [-0.15, -0.1) is 0 Å². The lowest BCUT2D eigenvalue weighted by Crippen LogP contribution is -2.49. The minimum atomic E-state index is -3.52. The summed E-state index contributed by atoms with van der Waals surface area (Å²) in [5.74, 6) is -0.152. The number of nitrogens with zero attached hydrogens (tertiary/aromatic N) is 2. The third kappa shape index (κ3) is 5.84. The highest BCUT2D eigenvalue weighted by atomic mass is 32.2. The van der Waals surface area contributed by atoms with Gasteiger partial charge in [-0.1, -0.05) is 58.0 Å². The fourth-order valence-electron chi connectivity index (χ4n) is 4.85. The second-order valence-electron chi connectivity index (χ2n) is 10.5. The molecule has 9 heteroatoms. The van der Waals surface area contributed by atoms with Crippen molar-refractivity contribution < 1.29 is 18.3 Å². The maximum atomic E-state index is 13.6. The Kier molecular flexibility index (Phi) is 7.96. The van der Waals surface area contributed by atoms with Crippen LogP contribution in [0.4, 0.5) is 5.69 Å². The van der Waals surface area contributed by atoms with E-state index in [0.29, 0.717) is 30.8 Å². The summed E-state index contributed by atoms with van der Waals surface area (Å²) < 4.78 is 29.0.